The minimum atomic E-state index is -0.799. The minimum absolute atomic E-state index is 0.161. The fourth-order valence-electron chi connectivity index (χ4n) is 3.07. The number of carbonyl (C=O) groups excluding carboxylic acids is 3. The van der Waals surface area contributed by atoms with Crippen LogP contribution in [0.5, 0.6) is 0 Å². The van der Waals surface area contributed by atoms with E-state index < -0.39 is 11.6 Å². The van der Waals surface area contributed by atoms with Crippen molar-refractivity contribution in [2.75, 3.05) is 6.54 Å². The van der Waals surface area contributed by atoms with Crippen LogP contribution in [-0.4, -0.2) is 34.7 Å². The first-order chi connectivity index (χ1) is 10.0. The zero-order valence-electron chi connectivity index (χ0n) is 11.9. The molecule has 3 amide bonds. The van der Waals surface area contributed by atoms with Crippen LogP contribution in [0, 0.1) is 5.92 Å². The molecule has 0 unspecified atom stereocenters. The van der Waals surface area contributed by atoms with Crippen LogP contribution in [0.15, 0.2) is 22.8 Å². The summed E-state index contributed by atoms with van der Waals surface area (Å²) in [4.78, 5) is 37.6. The van der Waals surface area contributed by atoms with Crippen LogP contribution in [0.25, 0.3) is 0 Å². The van der Waals surface area contributed by atoms with Gasteiger partial charge < -0.3 is 9.73 Å². The highest BCUT2D eigenvalue weighted by Crippen LogP contribution is 2.36. The Bertz CT molecular complexity index is 571. The Labute approximate surface area is 122 Å². The predicted octanol–water partition coefficient (Wildman–Crippen LogP) is 1.96. The number of amides is 3. The van der Waals surface area contributed by atoms with Gasteiger partial charge in [0, 0.05) is 0 Å². The number of hydrogen-bond donors (Lipinski definition) is 1. The van der Waals surface area contributed by atoms with Gasteiger partial charge >= 0.3 is 6.03 Å². The molecule has 0 aromatic carbocycles. The number of rotatable bonds is 3. The number of carbonyl (C=O) groups is 3. The monoisotopic (exact) mass is 290 g/mol. The molecule has 6 heteroatoms. The summed E-state index contributed by atoms with van der Waals surface area (Å²) in [5.74, 6) is 0.0805. The van der Waals surface area contributed by atoms with Gasteiger partial charge in [-0.15, -0.1) is 0 Å². The van der Waals surface area contributed by atoms with Gasteiger partial charge in [-0.2, -0.15) is 0 Å². The lowest BCUT2D eigenvalue weighted by atomic mass is 9.77. The van der Waals surface area contributed by atoms with Crippen LogP contribution in [0.3, 0.4) is 0 Å². The maximum absolute atomic E-state index is 12.6. The Hall–Kier alpha value is -2.11. The first-order valence-corrected chi connectivity index (χ1v) is 7.23. The molecule has 1 aromatic rings. The first-order valence-electron chi connectivity index (χ1n) is 7.23. The van der Waals surface area contributed by atoms with E-state index in [1.165, 1.54) is 12.3 Å². The molecular formula is C15H18N2O4. The second-order valence-corrected chi connectivity index (χ2v) is 5.99. The van der Waals surface area contributed by atoms with Crippen molar-refractivity contribution in [3.63, 3.8) is 0 Å². The average molecular weight is 290 g/mol. The van der Waals surface area contributed by atoms with E-state index in [0.29, 0.717) is 18.8 Å². The highest BCUT2D eigenvalue weighted by molar-refractivity contribution is 6.10. The van der Waals surface area contributed by atoms with Crippen molar-refractivity contribution in [3.8, 4) is 0 Å². The van der Waals surface area contributed by atoms with Crippen molar-refractivity contribution in [2.24, 2.45) is 5.92 Å². The van der Waals surface area contributed by atoms with Crippen molar-refractivity contribution in [2.45, 2.75) is 38.1 Å². The minimum Gasteiger partial charge on any atom is -0.461 e. The summed E-state index contributed by atoms with van der Waals surface area (Å²) < 4.78 is 5.01. The fourth-order valence-corrected chi connectivity index (χ4v) is 3.07. The summed E-state index contributed by atoms with van der Waals surface area (Å²) in [5, 5.41) is 2.79. The van der Waals surface area contributed by atoms with Crippen molar-refractivity contribution >= 4 is 17.7 Å². The van der Waals surface area contributed by atoms with Crippen molar-refractivity contribution in [1.82, 2.24) is 10.2 Å². The summed E-state index contributed by atoms with van der Waals surface area (Å²) >= 11 is 0. The van der Waals surface area contributed by atoms with Gasteiger partial charge in [-0.1, -0.05) is 6.92 Å². The second kappa shape index (κ2) is 5.02. The summed E-state index contributed by atoms with van der Waals surface area (Å²) in [6.45, 7) is 1.88. The summed E-state index contributed by atoms with van der Waals surface area (Å²) in [7, 11) is 0. The third-order valence-electron chi connectivity index (χ3n) is 4.47. The van der Waals surface area contributed by atoms with Crippen LogP contribution in [0.2, 0.25) is 0 Å². The van der Waals surface area contributed by atoms with E-state index >= 15 is 0 Å². The lowest BCUT2D eigenvalue weighted by Gasteiger charge is -2.33. The molecular weight excluding hydrogens is 272 g/mol. The third-order valence-corrected chi connectivity index (χ3v) is 4.47. The Kier molecular flexibility index (Phi) is 3.31. The lowest BCUT2D eigenvalue weighted by Crippen LogP contribution is -2.49. The molecule has 0 bridgehead atoms. The van der Waals surface area contributed by atoms with Gasteiger partial charge in [0.05, 0.1) is 12.8 Å². The first kappa shape index (κ1) is 13.9. The highest BCUT2D eigenvalue weighted by atomic mass is 16.3. The summed E-state index contributed by atoms with van der Waals surface area (Å²) in [6, 6.07) is 2.65. The van der Waals surface area contributed by atoms with Crippen molar-refractivity contribution in [1.29, 1.82) is 0 Å². The maximum Gasteiger partial charge on any atom is 0.325 e. The molecule has 1 saturated carbocycles. The largest absolute Gasteiger partial charge is 0.461 e. The lowest BCUT2D eigenvalue weighted by molar-refractivity contribution is -0.132. The van der Waals surface area contributed by atoms with Gasteiger partial charge in [0.25, 0.3) is 5.91 Å². The predicted molar refractivity (Wildman–Crippen MR) is 73.6 cm³/mol. The van der Waals surface area contributed by atoms with E-state index in [1.807, 2.05) is 0 Å². The Morgan fingerprint density at radius 1 is 1.43 bits per heavy atom. The van der Waals surface area contributed by atoms with E-state index in [1.54, 1.807) is 6.07 Å². The standard InChI is InChI=1S/C15H18N2O4/c1-10-4-6-15(7-5-10)13(19)17(14(20)16-15)9-11(18)12-3-2-8-21-12/h2-3,8,10H,4-7,9H2,1H3,(H,16,20). The quantitative estimate of drug-likeness (QED) is 0.681. The highest BCUT2D eigenvalue weighted by Gasteiger charge is 2.52. The van der Waals surface area contributed by atoms with E-state index in [0.717, 1.165) is 17.7 Å². The molecule has 1 aliphatic carbocycles. The molecule has 0 atom stereocenters. The molecule has 2 fully saturated rings. The SMILES string of the molecule is CC1CCC2(CC1)NC(=O)N(CC(=O)c1ccco1)C2=O. The number of Topliss-reactive ketones (excluding diaryl/α,β-unsaturated/α-hetero) is 1. The second-order valence-electron chi connectivity index (χ2n) is 5.99. The Morgan fingerprint density at radius 2 is 2.14 bits per heavy atom. The zero-order valence-corrected chi connectivity index (χ0v) is 11.9. The molecule has 0 radical (unpaired) electrons. The number of nitrogens with zero attached hydrogens (tertiary/aromatic N) is 1. The molecule has 1 aromatic heterocycles. The zero-order chi connectivity index (χ0) is 15.0. The normalized spacial score (nSPS) is 29.0. The van der Waals surface area contributed by atoms with Gasteiger partial charge in [0.2, 0.25) is 5.78 Å². The van der Waals surface area contributed by atoms with Crippen LogP contribution >= 0.6 is 0 Å². The average Bonchev–Trinajstić information content (AvgIpc) is 3.06. The molecule has 1 spiro atoms. The molecule has 6 nitrogen and oxygen atoms in total. The van der Waals surface area contributed by atoms with Gasteiger partial charge in [-0.05, 0) is 43.7 Å². The Balaban J connectivity index is 1.74. The molecule has 21 heavy (non-hydrogen) atoms. The number of ketones is 1. The van der Waals surface area contributed by atoms with E-state index in [9.17, 15) is 14.4 Å². The van der Waals surface area contributed by atoms with Gasteiger partial charge in [0.15, 0.2) is 5.76 Å². The third kappa shape index (κ3) is 2.34. The Morgan fingerprint density at radius 3 is 2.76 bits per heavy atom. The van der Waals surface area contributed by atoms with Crippen LogP contribution < -0.4 is 5.32 Å². The number of nitrogens with one attached hydrogen (secondary N) is 1. The molecule has 2 aliphatic rings. The molecule has 2 heterocycles. The van der Waals surface area contributed by atoms with Gasteiger partial charge in [-0.25, -0.2) is 4.79 Å². The molecule has 3 rings (SSSR count). The topological polar surface area (TPSA) is 79.6 Å². The van der Waals surface area contributed by atoms with Crippen LogP contribution in [0.1, 0.15) is 43.2 Å². The van der Waals surface area contributed by atoms with E-state index in [2.05, 4.69) is 12.2 Å². The van der Waals surface area contributed by atoms with Crippen molar-refractivity contribution < 1.29 is 18.8 Å². The maximum atomic E-state index is 12.6. The molecule has 112 valence electrons. The fraction of sp³-hybridized carbons (Fsp3) is 0.533. The van der Waals surface area contributed by atoms with E-state index in [4.69, 9.17) is 4.42 Å². The molecule has 1 saturated heterocycles. The van der Waals surface area contributed by atoms with Crippen LogP contribution in [-0.2, 0) is 4.79 Å². The van der Waals surface area contributed by atoms with Gasteiger partial charge in [0.1, 0.15) is 5.54 Å². The van der Waals surface area contributed by atoms with Gasteiger partial charge in [-0.3, -0.25) is 14.5 Å². The van der Waals surface area contributed by atoms with Crippen molar-refractivity contribution in [3.05, 3.63) is 24.2 Å². The smallest absolute Gasteiger partial charge is 0.325 e. The molecule has 1 aliphatic heterocycles. The summed E-state index contributed by atoms with van der Waals surface area (Å²) in [5.41, 5.74) is -0.799. The van der Waals surface area contributed by atoms with E-state index in [-0.39, 0.29) is 24.0 Å². The summed E-state index contributed by atoms with van der Waals surface area (Å²) in [6.07, 6.45) is 4.50. The number of urea groups is 1. The van der Waals surface area contributed by atoms with Crippen LogP contribution in [0.4, 0.5) is 4.79 Å². The number of hydrogen-bond acceptors (Lipinski definition) is 4. The molecule has 1 N–H and O–H groups in total. The number of furan rings is 1. The number of imide groups is 1.